The second kappa shape index (κ2) is 4.96. The summed E-state index contributed by atoms with van der Waals surface area (Å²) >= 11 is 5.79. The molecule has 2 aromatic heterocycles. The van der Waals surface area contributed by atoms with Crippen LogP contribution >= 0.6 is 23.6 Å². The third-order valence-electron chi connectivity index (χ3n) is 1.90. The summed E-state index contributed by atoms with van der Waals surface area (Å²) in [6.45, 7) is 0. The molecule has 0 aliphatic rings. The van der Waals surface area contributed by atoms with Crippen molar-refractivity contribution >= 4 is 44.3 Å². The highest BCUT2D eigenvalue weighted by molar-refractivity contribution is 7.94. The van der Waals surface area contributed by atoms with Crippen molar-refractivity contribution in [2.45, 2.75) is 4.21 Å². The Kier molecular flexibility index (Phi) is 3.55. The van der Waals surface area contributed by atoms with Gasteiger partial charge in [-0.1, -0.05) is 12.2 Å². The molecule has 0 bridgehead atoms. The van der Waals surface area contributed by atoms with Gasteiger partial charge in [-0.25, -0.2) is 18.4 Å². The zero-order valence-corrected chi connectivity index (χ0v) is 11.3. The topological polar surface area (TPSA) is 98.0 Å². The first-order valence-corrected chi connectivity index (χ1v) is 7.37. The number of anilines is 1. The van der Waals surface area contributed by atoms with Crippen LogP contribution in [0.3, 0.4) is 0 Å². The first-order valence-electron chi connectivity index (χ1n) is 4.66. The van der Waals surface area contributed by atoms with Gasteiger partial charge in [-0.2, -0.15) is 0 Å². The summed E-state index contributed by atoms with van der Waals surface area (Å²) in [6.07, 6.45) is 4.05. The highest BCUT2D eigenvalue weighted by Gasteiger charge is 2.17. The molecule has 2 rings (SSSR count). The lowest BCUT2D eigenvalue weighted by atomic mass is 10.5. The first kappa shape index (κ1) is 12.9. The summed E-state index contributed by atoms with van der Waals surface area (Å²) in [4.78, 5) is 8.16. The van der Waals surface area contributed by atoms with Gasteiger partial charge in [-0.3, -0.25) is 4.72 Å². The fourth-order valence-corrected chi connectivity index (χ4v) is 3.53. The van der Waals surface area contributed by atoms with Crippen molar-refractivity contribution in [1.29, 1.82) is 0 Å². The van der Waals surface area contributed by atoms with Crippen LogP contribution in [0.5, 0.6) is 0 Å². The van der Waals surface area contributed by atoms with E-state index in [1.54, 1.807) is 6.07 Å². The van der Waals surface area contributed by atoms with Crippen LogP contribution in [0.2, 0.25) is 0 Å². The van der Waals surface area contributed by atoms with Crippen LogP contribution in [0.15, 0.2) is 35.1 Å². The van der Waals surface area contributed by atoms with Gasteiger partial charge in [0.05, 0.1) is 23.0 Å². The van der Waals surface area contributed by atoms with Crippen LogP contribution in [-0.2, 0) is 10.0 Å². The number of thiocarbonyl (C=S) groups is 1. The van der Waals surface area contributed by atoms with Gasteiger partial charge in [-0.15, -0.1) is 11.3 Å². The highest BCUT2D eigenvalue weighted by atomic mass is 32.2. The molecule has 0 saturated heterocycles. The van der Waals surface area contributed by atoms with Crippen molar-refractivity contribution in [2.75, 3.05) is 4.72 Å². The molecule has 0 radical (unpaired) electrons. The molecule has 3 N–H and O–H groups in total. The fraction of sp³-hybridized carbons (Fsp3) is 0. The molecule has 9 heteroatoms. The third-order valence-corrected chi connectivity index (χ3v) is 5.24. The Morgan fingerprint density at radius 3 is 2.56 bits per heavy atom. The second-order valence-corrected chi connectivity index (χ2v) is 6.65. The lowest BCUT2D eigenvalue weighted by Gasteiger charge is -2.04. The number of thiophene rings is 1. The minimum absolute atomic E-state index is 0.133. The molecule has 0 atom stereocenters. The molecule has 0 aliphatic carbocycles. The standard InChI is InChI=1S/C9H8N4O2S3/c10-9(16)7-1-2-8(17-7)18(14,15)13-6-3-11-5-12-4-6/h1-5,13H,(H2,10,16). The molecule has 0 aromatic carbocycles. The van der Waals surface area contributed by atoms with Crippen molar-refractivity contribution in [2.24, 2.45) is 5.73 Å². The van der Waals surface area contributed by atoms with Crippen LogP contribution in [0.4, 0.5) is 5.69 Å². The number of hydrogen-bond donors (Lipinski definition) is 2. The molecule has 0 amide bonds. The van der Waals surface area contributed by atoms with E-state index in [9.17, 15) is 8.42 Å². The smallest absolute Gasteiger partial charge is 0.271 e. The van der Waals surface area contributed by atoms with Gasteiger partial charge >= 0.3 is 0 Å². The first-order chi connectivity index (χ1) is 8.49. The van der Waals surface area contributed by atoms with Gasteiger partial charge in [0.1, 0.15) is 15.5 Å². The number of hydrogen-bond acceptors (Lipinski definition) is 6. The maximum atomic E-state index is 12.0. The van der Waals surface area contributed by atoms with Crippen LogP contribution in [-0.4, -0.2) is 23.4 Å². The van der Waals surface area contributed by atoms with Crippen LogP contribution in [0.1, 0.15) is 4.88 Å². The predicted molar refractivity (Wildman–Crippen MR) is 73.0 cm³/mol. The summed E-state index contributed by atoms with van der Waals surface area (Å²) in [5.74, 6) is 0. The minimum atomic E-state index is -3.65. The number of nitrogens with one attached hydrogen (secondary N) is 1. The zero-order valence-electron chi connectivity index (χ0n) is 8.90. The molecular weight excluding hydrogens is 292 g/mol. The summed E-state index contributed by atoms with van der Waals surface area (Å²) in [5.41, 5.74) is 5.72. The minimum Gasteiger partial charge on any atom is -0.389 e. The summed E-state index contributed by atoms with van der Waals surface area (Å²) < 4.78 is 26.5. The molecule has 0 unspecified atom stereocenters. The lowest BCUT2D eigenvalue weighted by Crippen LogP contribution is -2.12. The Morgan fingerprint density at radius 1 is 1.33 bits per heavy atom. The second-order valence-electron chi connectivity index (χ2n) is 3.22. The molecule has 94 valence electrons. The van der Waals surface area contributed by atoms with E-state index in [4.69, 9.17) is 18.0 Å². The summed E-state index contributed by atoms with van der Waals surface area (Å²) in [5, 5.41) is 0. The van der Waals surface area contributed by atoms with Crippen molar-refractivity contribution in [3.63, 3.8) is 0 Å². The van der Waals surface area contributed by atoms with E-state index in [1.807, 2.05) is 0 Å². The SMILES string of the molecule is NC(=S)c1ccc(S(=O)(=O)Nc2cncnc2)s1. The normalized spacial score (nSPS) is 11.1. The number of aromatic nitrogens is 2. The Labute approximate surface area is 113 Å². The van der Waals surface area contributed by atoms with Crippen molar-refractivity contribution in [3.8, 4) is 0 Å². The molecule has 0 saturated carbocycles. The van der Waals surface area contributed by atoms with E-state index in [0.717, 1.165) is 11.3 Å². The van der Waals surface area contributed by atoms with E-state index in [2.05, 4.69) is 14.7 Å². The number of rotatable bonds is 4. The molecule has 6 nitrogen and oxygen atoms in total. The average Bonchev–Trinajstić information content (AvgIpc) is 2.79. The summed E-state index contributed by atoms with van der Waals surface area (Å²) in [7, 11) is -3.65. The van der Waals surface area contributed by atoms with Crippen LogP contribution in [0.25, 0.3) is 0 Å². The largest absolute Gasteiger partial charge is 0.389 e. The van der Waals surface area contributed by atoms with E-state index in [0.29, 0.717) is 10.6 Å². The Hall–Kier alpha value is -1.58. The molecule has 0 spiro atoms. The number of nitrogens with zero attached hydrogens (tertiary/aromatic N) is 2. The monoisotopic (exact) mass is 300 g/mol. The van der Waals surface area contributed by atoms with Gasteiger partial charge in [-0.05, 0) is 12.1 Å². The maximum Gasteiger partial charge on any atom is 0.271 e. The third kappa shape index (κ3) is 2.81. The Balaban J connectivity index is 2.28. The van der Waals surface area contributed by atoms with Gasteiger partial charge in [0.15, 0.2) is 0 Å². The van der Waals surface area contributed by atoms with E-state index in [-0.39, 0.29) is 9.20 Å². The quantitative estimate of drug-likeness (QED) is 0.817. The van der Waals surface area contributed by atoms with Gasteiger partial charge in [0.25, 0.3) is 10.0 Å². The molecule has 0 aliphatic heterocycles. The van der Waals surface area contributed by atoms with Crippen LogP contribution < -0.4 is 10.5 Å². The van der Waals surface area contributed by atoms with E-state index in [1.165, 1.54) is 24.8 Å². The fourth-order valence-electron chi connectivity index (χ4n) is 1.15. The van der Waals surface area contributed by atoms with Crippen molar-refractivity contribution in [1.82, 2.24) is 9.97 Å². The zero-order chi connectivity index (χ0) is 13.2. The van der Waals surface area contributed by atoms with Gasteiger partial charge in [0, 0.05) is 0 Å². The maximum absolute atomic E-state index is 12.0. The predicted octanol–water partition coefficient (Wildman–Crippen LogP) is 0.973. The number of sulfonamides is 1. The van der Waals surface area contributed by atoms with Crippen molar-refractivity contribution < 1.29 is 8.42 Å². The molecule has 18 heavy (non-hydrogen) atoms. The highest BCUT2D eigenvalue weighted by Crippen LogP contribution is 2.23. The number of nitrogens with two attached hydrogens (primary N) is 1. The molecule has 2 aromatic rings. The van der Waals surface area contributed by atoms with Crippen molar-refractivity contribution in [3.05, 3.63) is 35.7 Å². The summed E-state index contributed by atoms with van der Waals surface area (Å²) in [6, 6.07) is 3.02. The average molecular weight is 300 g/mol. The van der Waals surface area contributed by atoms with Crippen LogP contribution in [0, 0.1) is 0 Å². The van der Waals surface area contributed by atoms with Gasteiger partial charge < -0.3 is 5.73 Å². The Bertz CT molecular complexity index is 666. The lowest BCUT2D eigenvalue weighted by molar-refractivity contribution is 0.603. The molecular formula is C9H8N4O2S3. The Morgan fingerprint density at radius 2 is 2.00 bits per heavy atom. The van der Waals surface area contributed by atoms with E-state index >= 15 is 0 Å². The molecule has 2 heterocycles. The van der Waals surface area contributed by atoms with Gasteiger partial charge in [0.2, 0.25) is 0 Å². The van der Waals surface area contributed by atoms with E-state index < -0.39 is 10.0 Å². The molecule has 0 fully saturated rings.